The Kier molecular flexibility index (Phi) is 8.45. The summed E-state index contributed by atoms with van der Waals surface area (Å²) in [6.45, 7) is 4.38. The molecule has 0 aliphatic carbocycles. The molecule has 3 rings (SSSR count). The van der Waals surface area contributed by atoms with Gasteiger partial charge in [0.05, 0.1) is 22.7 Å². The van der Waals surface area contributed by atoms with E-state index in [-0.39, 0.29) is 12.2 Å². The van der Waals surface area contributed by atoms with Crippen molar-refractivity contribution in [2.45, 2.75) is 20.5 Å². The molecule has 1 amide bonds. The first-order valence-electron chi connectivity index (χ1n) is 10.5. The highest BCUT2D eigenvalue weighted by Crippen LogP contribution is 2.38. The zero-order chi connectivity index (χ0) is 24.5. The Balaban J connectivity index is 1.86. The fourth-order valence-electron chi connectivity index (χ4n) is 3.13. The van der Waals surface area contributed by atoms with Gasteiger partial charge in [-0.25, -0.2) is 0 Å². The lowest BCUT2D eigenvalue weighted by Crippen LogP contribution is -2.13. The average Bonchev–Trinajstić information content (AvgIpc) is 2.83. The Hall–Kier alpha value is -4.07. The van der Waals surface area contributed by atoms with Crippen LogP contribution in [0.4, 0.5) is 5.69 Å². The number of aryl methyl sites for hydroxylation is 1. The number of hydrogen-bond donors (Lipinski definition) is 1. The summed E-state index contributed by atoms with van der Waals surface area (Å²) in [4.78, 5) is 12.6. The third-order valence-electron chi connectivity index (χ3n) is 4.83. The predicted octanol–water partition coefficient (Wildman–Crippen LogP) is 6.15. The Morgan fingerprint density at radius 3 is 2.50 bits per heavy atom. The molecule has 7 heteroatoms. The smallest absolute Gasteiger partial charge is 0.266 e. The largest absolute Gasteiger partial charge is 0.490 e. The van der Waals surface area contributed by atoms with Gasteiger partial charge in [0.2, 0.25) is 0 Å². The van der Waals surface area contributed by atoms with Gasteiger partial charge in [0, 0.05) is 11.3 Å². The van der Waals surface area contributed by atoms with E-state index in [2.05, 4.69) is 27.3 Å². The fourth-order valence-corrected chi connectivity index (χ4v) is 3.70. The van der Waals surface area contributed by atoms with Crippen molar-refractivity contribution in [1.82, 2.24) is 0 Å². The molecule has 0 saturated carbocycles. The van der Waals surface area contributed by atoms with Gasteiger partial charge >= 0.3 is 0 Å². The fraction of sp³-hybridized carbons (Fsp3) is 0.148. The number of nitrogens with zero attached hydrogens (tertiary/aromatic N) is 2. The molecule has 34 heavy (non-hydrogen) atoms. The first-order chi connectivity index (χ1) is 16.4. The van der Waals surface area contributed by atoms with E-state index in [4.69, 9.17) is 9.47 Å². The topological polar surface area (TPSA) is 95.1 Å². The van der Waals surface area contributed by atoms with Crippen LogP contribution in [-0.2, 0) is 11.4 Å². The molecule has 0 atom stereocenters. The maximum atomic E-state index is 12.6. The molecular weight excluding hydrogens is 494 g/mol. The van der Waals surface area contributed by atoms with Gasteiger partial charge in [-0.05, 0) is 71.7 Å². The number of hydrogen-bond acceptors (Lipinski definition) is 5. The molecule has 0 aliphatic rings. The van der Waals surface area contributed by atoms with Gasteiger partial charge in [-0.2, -0.15) is 10.5 Å². The summed E-state index contributed by atoms with van der Waals surface area (Å²) < 4.78 is 12.3. The monoisotopic (exact) mass is 515 g/mol. The number of ether oxygens (including phenoxy) is 2. The van der Waals surface area contributed by atoms with Crippen LogP contribution in [0, 0.1) is 29.6 Å². The lowest BCUT2D eigenvalue weighted by Gasteiger charge is -2.15. The van der Waals surface area contributed by atoms with Crippen LogP contribution >= 0.6 is 15.9 Å². The van der Waals surface area contributed by atoms with Gasteiger partial charge in [-0.3, -0.25) is 4.79 Å². The SMILES string of the molecule is CCOc1cc(/C=C(\C#N)C(=O)Nc2ccc(C)cc2)cc(Br)c1OCc1ccccc1C#N. The van der Waals surface area contributed by atoms with Gasteiger partial charge in [-0.1, -0.05) is 35.9 Å². The summed E-state index contributed by atoms with van der Waals surface area (Å²) in [6.07, 6.45) is 1.49. The number of anilines is 1. The maximum absolute atomic E-state index is 12.6. The van der Waals surface area contributed by atoms with E-state index >= 15 is 0 Å². The normalized spacial score (nSPS) is 10.7. The van der Waals surface area contributed by atoms with Crippen molar-refractivity contribution in [2.24, 2.45) is 0 Å². The summed E-state index contributed by atoms with van der Waals surface area (Å²) in [5.41, 5.74) is 3.51. The molecule has 0 fully saturated rings. The van der Waals surface area contributed by atoms with E-state index in [1.54, 1.807) is 36.4 Å². The second-order valence-electron chi connectivity index (χ2n) is 7.31. The van der Waals surface area contributed by atoms with E-state index in [0.717, 1.165) is 11.1 Å². The summed E-state index contributed by atoms with van der Waals surface area (Å²) in [7, 11) is 0. The number of carbonyl (C=O) groups is 1. The van der Waals surface area contributed by atoms with Gasteiger partial charge in [0.1, 0.15) is 18.2 Å². The van der Waals surface area contributed by atoms with Gasteiger partial charge in [-0.15, -0.1) is 0 Å². The first-order valence-corrected chi connectivity index (χ1v) is 11.3. The molecule has 0 saturated heterocycles. The molecule has 170 valence electrons. The molecule has 0 aliphatic heterocycles. The second kappa shape index (κ2) is 11.7. The second-order valence-corrected chi connectivity index (χ2v) is 8.16. The predicted molar refractivity (Wildman–Crippen MR) is 134 cm³/mol. The van der Waals surface area contributed by atoms with E-state index in [0.29, 0.717) is 39.4 Å². The highest BCUT2D eigenvalue weighted by molar-refractivity contribution is 9.10. The van der Waals surface area contributed by atoms with Crippen LogP contribution in [0.1, 0.15) is 29.2 Å². The third kappa shape index (κ3) is 6.25. The Labute approximate surface area is 207 Å². The summed E-state index contributed by atoms with van der Waals surface area (Å²) >= 11 is 3.50. The maximum Gasteiger partial charge on any atom is 0.266 e. The molecule has 3 aromatic carbocycles. The number of benzene rings is 3. The van der Waals surface area contributed by atoms with E-state index in [9.17, 15) is 15.3 Å². The number of amides is 1. The van der Waals surface area contributed by atoms with Crippen molar-refractivity contribution in [1.29, 1.82) is 10.5 Å². The molecule has 0 bridgehead atoms. The molecule has 1 N–H and O–H groups in total. The van der Waals surface area contributed by atoms with Gasteiger partial charge < -0.3 is 14.8 Å². The van der Waals surface area contributed by atoms with Crippen molar-refractivity contribution >= 4 is 33.6 Å². The van der Waals surface area contributed by atoms with Crippen LogP contribution < -0.4 is 14.8 Å². The highest BCUT2D eigenvalue weighted by atomic mass is 79.9. The first kappa shape index (κ1) is 24.6. The van der Waals surface area contributed by atoms with Crippen molar-refractivity contribution in [3.8, 4) is 23.6 Å². The standard InChI is InChI=1S/C27H22BrN3O3/c1-3-33-25-14-19(12-22(16-30)27(32)31-23-10-8-18(2)9-11-23)13-24(28)26(25)34-17-21-7-5-4-6-20(21)15-29/h4-14H,3,17H2,1-2H3,(H,31,32)/b22-12+. The van der Waals surface area contributed by atoms with Crippen LogP contribution in [-0.4, -0.2) is 12.5 Å². The molecular formula is C27H22BrN3O3. The highest BCUT2D eigenvalue weighted by Gasteiger charge is 2.15. The molecule has 3 aromatic rings. The minimum Gasteiger partial charge on any atom is -0.490 e. The molecule has 0 radical (unpaired) electrons. The van der Waals surface area contributed by atoms with E-state index in [1.165, 1.54) is 6.08 Å². The van der Waals surface area contributed by atoms with Crippen LogP contribution in [0.5, 0.6) is 11.5 Å². The third-order valence-corrected chi connectivity index (χ3v) is 5.42. The summed E-state index contributed by atoms with van der Waals surface area (Å²) in [5.74, 6) is 0.414. The number of halogens is 1. The number of nitriles is 2. The summed E-state index contributed by atoms with van der Waals surface area (Å²) in [5, 5.41) is 21.6. The zero-order valence-corrected chi connectivity index (χ0v) is 20.3. The van der Waals surface area contributed by atoms with Gasteiger partial charge in [0.15, 0.2) is 11.5 Å². The Morgan fingerprint density at radius 2 is 1.82 bits per heavy atom. The number of carbonyl (C=O) groups excluding carboxylic acids is 1. The molecule has 0 heterocycles. The zero-order valence-electron chi connectivity index (χ0n) is 18.8. The van der Waals surface area contributed by atoms with Crippen molar-refractivity contribution < 1.29 is 14.3 Å². The van der Waals surface area contributed by atoms with Crippen LogP contribution in [0.15, 0.2) is 70.7 Å². The summed E-state index contributed by atoms with van der Waals surface area (Å²) in [6, 6.07) is 22.1. The number of rotatable bonds is 8. The van der Waals surface area contributed by atoms with Crippen molar-refractivity contribution in [3.05, 3.63) is 93.0 Å². The average molecular weight is 516 g/mol. The molecule has 0 spiro atoms. The van der Waals surface area contributed by atoms with Gasteiger partial charge in [0.25, 0.3) is 5.91 Å². The molecule has 6 nitrogen and oxygen atoms in total. The van der Waals surface area contributed by atoms with Crippen LogP contribution in [0.3, 0.4) is 0 Å². The Morgan fingerprint density at radius 1 is 1.09 bits per heavy atom. The molecule has 0 aromatic heterocycles. The van der Waals surface area contributed by atoms with E-state index in [1.807, 2.05) is 44.2 Å². The minimum atomic E-state index is -0.506. The quantitative estimate of drug-likeness (QED) is 0.286. The van der Waals surface area contributed by atoms with Crippen molar-refractivity contribution in [3.63, 3.8) is 0 Å². The Bertz CT molecular complexity index is 1300. The lowest BCUT2D eigenvalue weighted by atomic mass is 10.1. The van der Waals surface area contributed by atoms with Crippen molar-refractivity contribution in [2.75, 3.05) is 11.9 Å². The lowest BCUT2D eigenvalue weighted by molar-refractivity contribution is -0.112. The number of nitrogens with one attached hydrogen (secondary N) is 1. The minimum absolute atomic E-state index is 0.0495. The van der Waals surface area contributed by atoms with Crippen LogP contribution in [0.2, 0.25) is 0 Å². The van der Waals surface area contributed by atoms with Crippen LogP contribution in [0.25, 0.3) is 6.08 Å². The molecule has 0 unspecified atom stereocenters. The van der Waals surface area contributed by atoms with E-state index < -0.39 is 5.91 Å².